The van der Waals surface area contributed by atoms with Crippen LogP contribution < -0.4 is 10.6 Å². The third-order valence-corrected chi connectivity index (χ3v) is 4.88. The summed E-state index contributed by atoms with van der Waals surface area (Å²) >= 11 is 0. The zero-order valence-electron chi connectivity index (χ0n) is 15.6. The van der Waals surface area contributed by atoms with Crippen molar-refractivity contribution in [2.24, 2.45) is 0 Å². The monoisotopic (exact) mass is 339 g/mol. The second kappa shape index (κ2) is 8.19. The minimum Gasteiger partial charge on any atom is -0.444 e. The number of hydrogen-bond donors (Lipinski definition) is 2. The van der Waals surface area contributed by atoms with Crippen molar-refractivity contribution in [2.45, 2.75) is 89.9 Å². The molecule has 1 aliphatic carbocycles. The van der Waals surface area contributed by atoms with E-state index in [9.17, 15) is 9.59 Å². The number of amides is 2. The Balaban J connectivity index is 1.71. The molecule has 2 rings (SSSR count). The maximum Gasteiger partial charge on any atom is 0.407 e. The Morgan fingerprint density at radius 2 is 1.54 bits per heavy atom. The van der Waals surface area contributed by atoms with Crippen molar-refractivity contribution in [3.05, 3.63) is 0 Å². The van der Waals surface area contributed by atoms with Gasteiger partial charge in [-0.1, -0.05) is 12.8 Å². The van der Waals surface area contributed by atoms with E-state index in [0.29, 0.717) is 6.04 Å². The number of piperidine rings is 1. The van der Waals surface area contributed by atoms with Crippen molar-refractivity contribution in [3.8, 4) is 0 Å². The van der Waals surface area contributed by atoms with Gasteiger partial charge in [0.25, 0.3) is 0 Å². The summed E-state index contributed by atoms with van der Waals surface area (Å²) < 4.78 is 5.30. The molecule has 24 heavy (non-hydrogen) atoms. The summed E-state index contributed by atoms with van der Waals surface area (Å²) in [6.45, 7) is 9.20. The second-order valence-electron chi connectivity index (χ2n) is 8.12. The van der Waals surface area contributed by atoms with Gasteiger partial charge in [-0.2, -0.15) is 0 Å². The number of hydrogen-bond acceptors (Lipinski definition) is 4. The van der Waals surface area contributed by atoms with Crippen molar-refractivity contribution in [1.29, 1.82) is 0 Å². The molecule has 1 heterocycles. The highest BCUT2D eigenvalue weighted by atomic mass is 16.6. The first-order valence-electron chi connectivity index (χ1n) is 9.28. The van der Waals surface area contributed by atoms with Gasteiger partial charge in [-0.05, 0) is 53.4 Å². The highest BCUT2D eigenvalue weighted by molar-refractivity contribution is 5.81. The average molecular weight is 339 g/mol. The van der Waals surface area contributed by atoms with Gasteiger partial charge in [-0.25, -0.2) is 4.79 Å². The number of nitrogens with one attached hydrogen (secondary N) is 2. The first-order valence-corrected chi connectivity index (χ1v) is 9.28. The van der Waals surface area contributed by atoms with Crippen LogP contribution in [0.4, 0.5) is 4.79 Å². The van der Waals surface area contributed by atoms with Crippen LogP contribution in [0.2, 0.25) is 0 Å². The lowest BCUT2D eigenvalue weighted by molar-refractivity contribution is -0.127. The van der Waals surface area contributed by atoms with Crippen molar-refractivity contribution >= 4 is 12.0 Å². The first kappa shape index (κ1) is 19.0. The zero-order chi connectivity index (χ0) is 17.7. The molecule has 1 atom stereocenters. The largest absolute Gasteiger partial charge is 0.444 e. The second-order valence-corrected chi connectivity index (χ2v) is 8.12. The fraction of sp³-hybridized carbons (Fsp3) is 0.889. The third-order valence-electron chi connectivity index (χ3n) is 4.88. The number of alkyl carbamates (subject to hydrolysis) is 1. The molecule has 6 nitrogen and oxygen atoms in total. The molecule has 1 saturated heterocycles. The van der Waals surface area contributed by atoms with E-state index in [1.807, 2.05) is 27.7 Å². The van der Waals surface area contributed by atoms with Gasteiger partial charge in [0.15, 0.2) is 0 Å². The van der Waals surface area contributed by atoms with Crippen molar-refractivity contribution in [2.75, 3.05) is 13.1 Å². The van der Waals surface area contributed by atoms with Crippen molar-refractivity contribution in [1.82, 2.24) is 15.5 Å². The molecule has 0 radical (unpaired) electrons. The fourth-order valence-electron chi connectivity index (χ4n) is 3.46. The Hall–Kier alpha value is -1.30. The lowest BCUT2D eigenvalue weighted by atomic mass is 10.0. The number of carbonyl (C=O) groups excluding carboxylic acids is 2. The van der Waals surface area contributed by atoms with Gasteiger partial charge in [0.05, 0.1) is 6.04 Å². The van der Waals surface area contributed by atoms with Crippen LogP contribution in [0.3, 0.4) is 0 Å². The van der Waals surface area contributed by atoms with E-state index in [4.69, 9.17) is 4.74 Å². The Morgan fingerprint density at radius 1 is 1.00 bits per heavy atom. The number of ether oxygens (including phenoxy) is 1. The van der Waals surface area contributed by atoms with E-state index >= 15 is 0 Å². The van der Waals surface area contributed by atoms with Gasteiger partial charge < -0.3 is 15.4 Å². The summed E-state index contributed by atoms with van der Waals surface area (Å²) in [7, 11) is 0. The van der Waals surface area contributed by atoms with Crippen LogP contribution in [0, 0.1) is 0 Å². The molecule has 1 saturated carbocycles. The molecule has 2 amide bonds. The minimum absolute atomic E-state index is 0.104. The highest BCUT2D eigenvalue weighted by Crippen LogP contribution is 2.19. The van der Waals surface area contributed by atoms with E-state index in [1.165, 1.54) is 12.8 Å². The summed E-state index contributed by atoms with van der Waals surface area (Å²) in [5, 5.41) is 6.11. The SMILES string of the molecule is C[C@H](C(=O)NC1CCCC1)N1CCC(NC(=O)OC(C)(C)C)CC1. The normalized spacial score (nSPS) is 22.2. The Kier molecular flexibility index (Phi) is 6.49. The van der Waals surface area contributed by atoms with Crippen LogP contribution in [0.5, 0.6) is 0 Å². The molecule has 1 aliphatic heterocycles. The van der Waals surface area contributed by atoms with Gasteiger partial charge >= 0.3 is 6.09 Å². The Bertz CT molecular complexity index is 433. The lowest BCUT2D eigenvalue weighted by Crippen LogP contribution is -2.53. The zero-order valence-corrected chi connectivity index (χ0v) is 15.6. The summed E-state index contributed by atoms with van der Waals surface area (Å²) in [5.74, 6) is 0.139. The van der Waals surface area contributed by atoms with Gasteiger partial charge in [-0.3, -0.25) is 9.69 Å². The topological polar surface area (TPSA) is 70.7 Å². The summed E-state index contributed by atoms with van der Waals surface area (Å²) in [6.07, 6.45) is 6.01. The molecular formula is C18H33N3O3. The Labute approximate surface area is 145 Å². The maximum absolute atomic E-state index is 12.4. The van der Waals surface area contributed by atoms with Crippen LogP contribution >= 0.6 is 0 Å². The molecule has 0 aromatic heterocycles. The van der Waals surface area contributed by atoms with Gasteiger partial charge in [0.2, 0.25) is 5.91 Å². The van der Waals surface area contributed by atoms with Crippen LogP contribution in [0.25, 0.3) is 0 Å². The molecule has 2 aliphatic rings. The maximum atomic E-state index is 12.4. The number of likely N-dealkylation sites (tertiary alicyclic amines) is 1. The molecular weight excluding hydrogens is 306 g/mol. The average Bonchev–Trinajstić information content (AvgIpc) is 2.98. The van der Waals surface area contributed by atoms with Gasteiger partial charge in [0.1, 0.15) is 5.60 Å². The number of rotatable bonds is 4. The van der Waals surface area contributed by atoms with E-state index in [1.54, 1.807) is 0 Å². The predicted octanol–water partition coefficient (Wildman–Crippen LogP) is 2.42. The number of carbonyl (C=O) groups is 2. The molecule has 0 bridgehead atoms. The molecule has 2 N–H and O–H groups in total. The van der Waals surface area contributed by atoms with Crippen LogP contribution in [-0.4, -0.2) is 53.7 Å². The Morgan fingerprint density at radius 3 is 2.08 bits per heavy atom. The van der Waals surface area contributed by atoms with Crippen LogP contribution in [0.1, 0.15) is 66.2 Å². The summed E-state index contributed by atoms with van der Waals surface area (Å²) in [6, 6.07) is 0.389. The van der Waals surface area contributed by atoms with E-state index in [0.717, 1.165) is 38.8 Å². The van der Waals surface area contributed by atoms with Crippen molar-refractivity contribution < 1.29 is 14.3 Å². The van der Waals surface area contributed by atoms with E-state index in [2.05, 4.69) is 15.5 Å². The standard InChI is InChI=1S/C18H33N3O3/c1-13(16(22)19-14-7-5-6-8-14)21-11-9-15(10-12-21)20-17(23)24-18(2,3)4/h13-15H,5-12H2,1-4H3,(H,19,22)(H,20,23)/t13-/m1/s1. The lowest BCUT2D eigenvalue weighted by Gasteiger charge is -2.36. The quantitative estimate of drug-likeness (QED) is 0.825. The molecule has 0 aromatic rings. The highest BCUT2D eigenvalue weighted by Gasteiger charge is 2.29. The van der Waals surface area contributed by atoms with Crippen LogP contribution in [-0.2, 0) is 9.53 Å². The minimum atomic E-state index is -0.475. The third kappa shape index (κ3) is 5.96. The summed E-state index contributed by atoms with van der Waals surface area (Å²) in [4.78, 5) is 26.4. The molecule has 0 unspecified atom stereocenters. The summed E-state index contributed by atoms with van der Waals surface area (Å²) in [5.41, 5.74) is -0.475. The van der Waals surface area contributed by atoms with Crippen molar-refractivity contribution in [3.63, 3.8) is 0 Å². The molecule has 6 heteroatoms. The number of nitrogens with zero attached hydrogens (tertiary/aromatic N) is 1. The van der Waals surface area contributed by atoms with Crippen LogP contribution in [0.15, 0.2) is 0 Å². The van der Waals surface area contributed by atoms with E-state index < -0.39 is 5.60 Å². The first-order chi connectivity index (χ1) is 11.2. The molecule has 0 spiro atoms. The fourth-order valence-corrected chi connectivity index (χ4v) is 3.46. The van der Waals surface area contributed by atoms with E-state index in [-0.39, 0.29) is 24.1 Å². The smallest absolute Gasteiger partial charge is 0.407 e. The van der Waals surface area contributed by atoms with Gasteiger partial charge in [0, 0.05) is 25.2 Å². The molecule has 2 fully saturated rings. The molecule has 138 valence electrons. The predicted molar refractivity (Wildman–Crippen MR) is 93.8 cm³/mol. The van der Waals surface area contributed by atoms with Gasteiger partial charge in [-0.15, -0.1) is 0 Å². The molecule has 0 aromatic carbocycles.